The summed E-state index contributed by atoms with van der Waals surface area (Å²) in [5.74, 6) is 0.578. The smallest absolute Gasteiger partial charge is 0.137 e. The summed E-state index contributed by atoms with van der Waals surface area (Å²) in [6.45, 7) is 7.41. The summed E-state index contributed by atoms with van der Waals surface area (Å²) in [5.41, 5.74) is 5.96. The zero-order valence-corrected chi connectivity index (χ0v) is 16.7. The summed E-state index contributed by atoms with van der Waals surface area (Å²) in [6, 6.07) is 8.36. The lowest BCUT2D eigenvalue weighted by molar-refractivity contribution is 0.403. The molecule has 2 N–H and O–H groups in total. The van der Waals surface area contributed by atoms with E-state index < -0.39 is 0 Å². The van der Waals surface area contributed by atoms with Gasteiger partial charge in [-0.25, -0.2) is 4.98 Å². The van der Waals surface area contributed by atoms with Crippen molar-refractivity contribution >= 4 is 17.4 Å². The van der Waals surface area contributed by atoms with Crippen LogP contribution in [0.2, 0.25) is 0 Å². The molecule has 5 heteroatoms. The van der Waals surface area contributed by atoms with Crippen molar-refractivity contribution < 1.29 is 0 Å². The molecule has 144 valence electrons. The molecule has 28 heavy (non-hydrogen) atoms. The number of hydrogen-bond donors (Lipinski definition) is 2. The Bertz CT molecular complexity index is 1030. The van der Waals surface area contributed by atoms with Crippen molar-refractivity contribution in [3.63, 3.8) is 0 Å². The molecule has 1 saturated carbocycles. The van der Waals surface area contributed by atoms with Crippen LogP contribution < -0.4 is 5.32 Å². The van der Waals surface area contributed by atoms with Crippen LogP contribution in [0.1, 0.15) is 50.8 Å². The van der Waals surface area contributed by atoms with Crippen molar-refractivity contribution in [1.82, 2.24) is 19.7 Å². The van der Waals surface area contributed by atoms with Crippen molar-refractivity contribution in [3.05, 3.63) is 60.3 Å². The number of imidazole rings is 1. The van der Waals surface area contributed by atoms with Gasteiger partial charge in [-0.1, -0.05) is 26.8 Å². The van der Waals surface area contributed by atoms with Crippen LogP contribution in [-0.4, -0.2) is 27.1 Å². The van der Waals surface area contributed by atoms with Crippen molar-refractivity contribution in [3.8, 4) is 11.3 Å². The van der Waals surface area contributed by atoms with Gasteiger partial charge < -0.3 is 15.1 Å². The van der Waals surface area contributed by atoms with Gasteiger partial charge in [-0.05, 0) is 36.5 Å². The third kappa shape index (κ3) is 3.98. The maximum atomic E-state index is 7.97. The standard InChI is InChI=1S/C23H27N5/c1-23(2,3)15-25-14-18(13-24)19-6-7-20(16-4-5-16)27-22(19)17-8-10-28-11-9-26-21(28)12-17/h6-14,16,24-25H,4-5,15H2,1-3H3/b18-14+,24-13?. The van der Waals surface area contributed by atoms with Gasteiger partial charge >= 0.3 is 0 Å². The Hall–Kier alpha value is -2.95. The molecule has 0 aliphatic heterocycles. The van der Waals surface area contributed by atoms with Gasteiger partial charge in [-0.3, -0.25) is 4.98 Å². The summed E-state index contributed by atoms with van der Waals surface area (Å²) in [7, 11) is 0. The normalized spacial score (nSPS) is 15.0. The van der Waals surface area contributed by atoms with Gasteiger partial charge in [0.2, 0.25) is 0 Å². The van der Waals surface area contributed by atoms with Crippen LogP contribution in [0.5, 0.6) is 0 Å². The predicted molar refractivity (Wildman–Crippen MR) is 115 cm³/mol. The SMILES string of the molecule is CC(C)(C)CN/C=C(\C=N)c1ccc(C2CC2)nc1-c1ccn2ccnc2c1. The van der Waals surface area contributed by atoms with Gasteiger partial charge in [0, 0.05) is 65.9 Å². The maximum absolute atomic E-state index is 7.97. The molecule has 0 atom stereocenters. The highest BCUT2D eigenvalue weighted by atomic mass is 15.0. The third-order valence-corrected chi connectivity index (χ3v) is 4.94. The van der Waals surface area contributed by atoms with E-state index in [-0.39, 0.29) is 5.41 Å². The van der Waals surface area contributed by atoms with Gasteiger partial charge in [0.1, 0.15) is 5.65 Å². The first-order valence-corrected chi connectivity index (χ1v) is 9.83. The van der Waals surface area contributed by atoms with Crippen molar-refractivity contribution in [1.29, 1.82) is 5.41 Å². The van der Waals surface area contributed by atoms with Gasteiger partial charge in [0.05, 0.1) is 5.69 Å². The summed E-state index contributed by atoms with van der Waals surface area (Å²) in [5, 5.41) is 11.3. The average Bonchev–Trinajstić information content (AvgIpc) is 3.41. The molecule has 0 unspecified atom stereocenters. The Morgan fingerprint density at radius 1 is 1.25 bits per heavy atom. The number of aromatic nitrogens is 3. The molecule has 0 spiro atoms. The van der Waals surface area contributed by atoms with E-state index in [1.54, 1.807) is 6.20 Å². The fourth-order valence-corrected chi connectivity index (χ4v) is 3.26. The number of allylic oxidation sites excluding steroid dienone is 1. The number of fused-ring (bicyclic) bond motifs is 1. The van der Waals surface area contributed by atoms with Crippen molar-refractivity contribution in [2.24, 2.45) is 5.41 Å². The molecule has 0 radical (unpaired) electrons. The molecule has 3 aromatic rings. The summed E-state index contributed by atoms with van der Waals surface area (Å²) < 4.78 is 1.99. The Morgan fingerprint density at radius 2 is 2.07 bits per heavy atom. The summed E-state index contributed by atoms with van der Waals surface area (Å²) >= 11 is 0. The molecule has 0 amide bonds. The molecule has 0 aromatic carbocycles. The minimum absolute atomic E-state index is 0.173. The highest BCUT2D eigenvalue weighted by molar-refractivity contribution is 6.10. The molecule has 1 aliphatic carbocycles. The number of nitrogens with zero attached hydrogens (tertiary/aromatic N) is 3. The van der Waals surface area contributed by atoms with Crippen LogP contribution >= 0.6 is 0 Å². The zero-order valence-electron chi connectivity index (χ0n) is 16.7. The fraction of sp³-hybridized carbons (Fsp3) is 0.348. The largest absolute Gasteiger partial charge is 0.390 e. The van der Waals surface area contributed by atoms with Crippen molar-refractivity contribution in [2.45, 2.75) is 39.5 Å². The zero-order chi connectivity index (χ0) is 19.7. The van der Waals surface area contributed by atoms with Crippen LogP contribution in [0.15, 0.2) is 49.1 Å². The minimum atomic E-state index is 0.173. The first-order chi connectivity index (χ1) is 13.4. The van der Waals surface area contributed by atoms with Crippen LogP contribution in [0.3, 0.4) is 0 Å². The number of pyridine rings is 2. The van der Waals surface area contributed by atoms with E-state index in [1.165, 1.54) is 19.1 Å². The van der Waals surface area contributed by atoms with E-state index in [0.29, 0.717) is 5.92 Å². The topological polar surface area (TPSA) is 66.1 Å². The van der Waals surface area contributed by atoms with E-state index in [1.807, 2.05) is 23.0 Å². The Labute approximate surface area is 166 Å². The predicted octanol–water partition coefficient (Wildman–Crippen LogP) is 4.90. The lowest BCUT2D eigenvalue weighted by Gasteiger charge is -2.18. The first-order valence-electron chi connectivity index (χ1n) is 9.83. The van der Waals surface area contributed by atoms with E-state index >= 15 is 0 Å². The molecule has 3 aromatic heterocycles. The number of nitrogens with one attached hydrogen (secondary N) is 2. The lowest BCUT2D eigenvalue weighted by atomic mass is 9.96. The monoisotopic (exact) mass is 373 g/mol. The van der Waals surface area contributed by atoms with Gasteiger partial charge in [0.15, 0.2) is 0 Å². The van der Waals surface area contributed by atoms with Gasteiger partial charge in [-0.2, -0.15) is 0 Å². The Kier molecular flexibility index (Phi) is 4.75. The van der Waals surface area contributed by atoms with Crippen LogP contribution in [-0.2, 0) is 0 Å². The molecule has 0 saturated heterocycles. The second-order valence-electron chi connectivity index (χ2n) is 8.70. The molecule has 0 bridgehead atoms. The number of rotatable bonds is 6. The van der Waals surface area contributed by atoms with E-state index in [2.05, 4.69) is 55.3 Å². The van der Waals surface area contributed by atoms with E-state index in [4.69, 9.17) is 10.4 Å². The molecular weight excluding hydrogens is 346 g/mol. The van der Waals surface area contributed by atoms with E-state index in [0.717, 1.165) is 40.3 Å². The third-order valence-electron chi connectivity index (χ3n) is 4.94. The van der Waals surface area contributed by atoms with Gasteiger partial charge in [0.25, 0.3) is 0 Å². The van der Waals surface area contributed by atoms with Crippen LogP contribution in [0.4, 0.5) is 0 Å². The average molecular weight is 374 g/mol. The van der Waals surface area contributed by atoms with E-state index in [9.17, 15) is 0 Å². The molecule has 5 nitrogen and oxygen atoms in total. The highest BCUT2D eigenvalue weighted by Gasteiger charge is 2.26. The molecular formula is C23H27N5. The Morgan fingerprint density at radius 3 is 2.79 bits per heavy atom. The van der Waals surface area contributed by atoms with Crippen LogP contribution in [0.25, 0.3) is 22.5 Å². The minimum Gasteiger partial charge on any atom is -0.390 e. The first kappa shape index (κ1) is 18.4. The Balaban J connectivity index is 1.77. The molecule has 3 heterocycles. The molecule has 1 fully saturated rings. The quantitative estimate of drug-likeness (QED) is 0.604. The summed E-state index contributed by atoms with van der Waals surface area (Å²) in [4.78, 5) is 9.42. The second kappa shape index (κ2) is 7.23. The lowest BCUT2D eigenvalue weighted by Crippen LogP contribution is -2.23. The molecule has 1 aliphatic rings. The molecule has 4 rings (SSSR count). The highest BCUT2D eigenvalue weighted by Crippen LogP contribution is 2.40. The maximum Gasteiger partial charge on any atom is 0.137 e. The van der Waals surface area contributed by atoms with Crippen LogP contribution in [0, 0.1) is 10.8 Å². The fourth-order valence-electron chi connectivity index (χ4n) is 3.26. The number of hydrogen-bond acceptors (Lipinski definition) is 4. The second-order valence-corrected chi connectivity index (χ2v) is 8.70. The van der Waals surface area contributed by atoms with Crippen molar-refractivity contribution in [2.75, 3.05) is 6.54 Å². The summed E-state index contributed by atoms with van der Waals surface area (Å²) in [6.07, 6.45) is 11.5. The van der Waals surface area contributed by atoms with Gasteiger partial charge in [-0.15, -0.1) is 0 Å².